The number of aliphatic hydroxyl groups excluding tert-OH is 1. The van der Waals surface area contributed by atoms with Gasteiger partial charge in [0.05, 0.1) is 12.2 Å². The zero-order valence-corrected chi connectivity index (χ0v) is 10.5. The molecule has 2 atom stereocenters. The van der Waals surface area contributed by atoms with Gasteiger partial charge in [-0.05, 0) is 49.9 Å². The van der Waals surface area contributed by atoms with Crippen molar-refractivity contribution in [3.63, 3.8) is 0 Å². The molecule has 0 bridgehead atoms. The first-order valence-corrected chi connectivity index (χ1v) is 6.20. The second kappa shape index (κ2) is 5.52. The summed E-state index contributed by atoms with van der Waals surface area (Å²) in [5.41, 5.74) is 1.98. The van der Waals surface area contributed by atoms with Crippen molar-refractivity contribution >= 4 is 0 Å². The highest BCUT2D eigenvalue weighted by Gasteiger charge is 2.16. The molecule has 0 spiro atoms. The van der Waals surface area contributed by atoms with Gasteiger partial charge in [0.25, 0.3) is 0 Å². The summed E-state index contributed by atoms with van der Waals surface area (Å²) in [4.78, 5) is 0. The number of hydrogen-bond acceptors (Lipinski definition) is 3. The van der Waals surface area contributed by atoms with Crippen molar-refractivity contribution in [3.8, 4) is 5.75 Å². The zero-order chi connectivity index (χ0) is 12.3. The molecular weight excluding hydrogens is 216 g/mol. The number of ether oxygens (including phenoxy) is 2. The van der Waals surface area contributed by atoms with E-state index in [0.717, 1.165) is 36.3 Å². The average Bonchev–Trinajstić information content (AvgIpc) is 2.80. The first-order valence-electron chi connectivity index (χ1n) is 6.20. The van der Waals surface area contributed by atoms with Crippen LogP contribution in [-0.2, 0) is 4.74 Å². The van der Waals surface area contributed by atoms with Gasteiger partial charge in [-0.1, -0.05) is 6.07 Å². The van der Waals surface area contributed by atoms with Crippen LogP contribution in [-0.4, -0.2) is 24.4 Å². The predicted octanol–water partition coefficient (Wildman–Crippen LogP) is 2.61. The fourth-order valence-corrected chi connectivity index (χ4v) is 2.05. The lowest BCUT2D eigenvalue weighted by molar-refractivity contribution is 0.0677. The molecule has 0 saturated carbocycles. The third kappa shape index (κ3) is 3.20. The fourth-order valence-electron chi connectivity index (χ4n) is 2.05. The molecule has 3 nitrogen and oxygen atoms in total. The summed E-state index contributed by atoms with van der Waals surface area (Å²) >= 11 is 0. The summed E-state index contributed by atoms with van der Waals surface area (Å²) in [7, 11) is 0. The van der Waals surface area contributed by atoms with E-state index in [0.29, 0.717) is 6.61 Å². The lowest BCUT2D eigenvalue weighted by atomic mass is 10.1. The molecule has 1 aliphatic heterocycles. The van der Waals surface area contributed by atoms with Crippen LogP contribution in [0.4, 0.5) is 0 Å². The van der Waals surface area contributed by atoms with Crippen LogP contribution in [0.25, 0.3) is 0 Å². The van der Waals surface area contributed by atoms with Crippen LogP contribution in [0, 0.1) is 6.92 Å². The lowest BCUT2D eigenvalue weighted by Gasteiger charge is -2.14. The minimum atomic E-state index is -0.430. The van der Waals surface area contributed by atoms with Crippen LogP contribution in [0.15, 0.2) is 18.2 Å². The largest absolute Gasteiger partial charge is 0.491 e. The highest BCUT2D eigenvalue weighted by atomic mass is 16.5. The molecule has 2 rings (SSSR count). The Bertz CT molecular complexity index is 368. The molecule has 1 aliphatic rings. The molecule has 2 unspecified atom stereocenters. The minimum absolute atomic E-state index is 0.242. The van der Waals surface area contributed by atoms with Crippen LogP contribution < -0.4 is 4.74 Å². The van der Waals surface area contributed by atoms with Gasteiger partial charge in [-0.2, -0.15) is 0 Å². The molecule has 1 aromatic carbocycles. The van der Waals surface area contributed by atoms with Crippen LogP contribution in [0.5, 0.6) is 5.75 Å². The minimum Gasteiger partial charge on any atom is -0.491 e. The number of hydrogen-bond donors (Lipinski definition) is 1. The lowest BCUT2D eigenvalue weighted by Crippen LogP contribution is -2.16. The van der Waals surface area contributed by atoms with Crippen molar-refractivity contribution in [2.45, 2.75) is 38.9 Å². The van der Waals surface area contributed by atoms with Gasteiger partial charge in [0.2, 0.25) is 0 Å². The molecule has 1 heterocycles. The van der Waals surface area contributed by atoms with E-state index in [1.54, 1.807) is 6.92 Å². The third-order valence-electron chi connectivity index (χ3n) is 3.13. The number of rotatable bonds is 4. The van der Waals surface area contributed by atoms with Gasteiger partial charge >= 0.3 is 0 Å². The standard InChI is InChI=1S/C14H20O3/c1-10-8-12(11(2)15)5-6-14(10)17-9-13-4-3-7-16-13/h5-6,8,11,13,15H,3-4,7,9H2,1-2H3. The van der Waals surface area contributed by atoms with Crippen molar-refractivity contribution in [2.75, 3.05) is 13.2 Å². The van der Waals surface area contributed by atoms with Crippen molar-refractivity contribution in [1.29, 1.82) is 0 Å². The van der Waals surface area contributed by atoms with E-state index in [9.17, 15) is 5.11 Å². The molecule has 0 aliphatic carbocycles. The molecule has 94 valence electrons. The number of aryl methyl sites for hydroxylation is 1. The molecular formula is C14H20O3. The Morgan fingerprint density at radius 2 is 2.35 bits per heavy atom. The SMILES string of the molecule is Cc1cc(C(C)O)ccc1OCC1CCCO1. The van der Waals surface area contributed by atoms with Gasteiger partial charge < -0.3 is 14.6 Å². The molecule has 1 N–H and O–H groups in total. The Morgan fingerprint density at radius 1 is 1.53 bits per heavy atom. The molecule has 0 radical (unpaired) electrons. The maximum absolute atomic E-state index is 9.48. The van der Waals surface area contributed by atoms with Crippen LogP contribution in [0.2, 0.25) is 0 Å². The Hall–Kier alpha value is -1.06. The monoisotopic (exact) mass is 236 g/mol. The summed E-state index contributed by atoms with van der Waals surface area (Å²) in [6, 6.07) is 5.80. The zero-order valence-electron chi connectivity index (χ0n) is 10.5. The quantitative estimate of drug-likeness (QED) is 0.873. The highest BCUT2D eigenvalue weighted by Crippen LogP contribution is 2.23. The van der Waals surface area contributed by atoms with Gasteiger partial charge in [-0.3, -0.25) is 0 Å². The molecule has 17 heavy (non-hydrogen) atoms. The normalized spacial score (nSPS) is 21.5. The second-order valence-corrected chi connectivity index (χ2v) is 4.65. The Balaban J connectivity index is 1.96. The first kappa shape index (κ1) is 12.4. The van der Waals surface area contributed by atoms with Crippen LogP contribution in [0.3, 0.4) is 0 Å². The second-order valence-electron chi connectivity index (χ2n) is 4.65. The maximum atomic E-state index is 9.48. The molecule has 0 amide bonds. The summed E-state index contributed by atoms with van der Waals surface area (Å²) in [5.74, 6) is 0.880. The van der Waals surface area contributed by atoms with Gasteiger partial charge in [-0.15, -0.1) is 0 Å². The summed E-state index contributed by atoms with van der Waals surface area (Å²) in [6.07, 6.45) is 2.03. The van der Waals surface area contributed by atoms with Gasteiger partial charge in [0.15, 0.2) is 0 Å². The average molecular weight is 236 g/mol. The summed E-state index contributed by atoms with van der Waals surface area (Å²) in [5, 5.41) is 9.48. The van der Waals surface area contributed by atoms with Crippen LogP contribution in [0.1, 0.15) is 37.0 Å². The van der Waals surface area contributed by atoms with Crippen molar-refractivity contribution in [3.05, 3.63) is 29.3 Å². The Kier molecular flexibility index (Phi) is 4.02. The van der Waals surface area contributed by atoms with E-state index in [1.165, 1.54) is 0 Å². The van der Waals surface area contributed by atoms with Gasteiger partial charge in [0.1, 0.15) is 12.4 Å². The topological polar surface area (TPSA) is 38.7 Å². The molecule has 0 aromatic heterocycles. The van der Waals surface area contributed by atoms with Crippen molar-refractivity contribution in [2.24, 2.45) is 0 Å². The van der Waals surface area contributed by atoms with E-state index in [-0.39, 0.29) is 6.10 Å². The van der Waals surface area contributed by atoms with E-state index >= 15 is 0 Å². The van der Waals surface area contributed by atoms with Crippen LogP contribution >= 0.6 is 0 Å². The van der Waals surface area contributed by atoms with E-state index < -0.39 is 6.10 Å². The Morgan fingerprint density at radius 3 is 2.94 bits per heavy atom. The predicted molar refractivity (Wildman–Crippen MR) is 66.3 cm³/mol. The molecule has 1 fully saturated rings. The summed E-state index contributed by atoms with van der Waals surface area (Å²) in [6.45, 7) is 5.24. The van der Waals surface area contributed by atoms with Gasteiger partial charge in [0, 0.05) is 6.61 Å². The fraction of sp³-hybridized carbons (Fsp3) is 0.571. The summed E-state index contributed by atoms with van der Waals surface area (Å²) < 4.78 is 11.3. The molecule has 1 saturated heterocycles. The van der Waals surface area contributed by atoms with Crippen molar-refractivity contribution < 1.29 is 14.6 Å². The van der Waals surface area contributed by atoms with E-state index in [4.69, 9.17) is 9.47 Å². The number of benzene rings is 1. The molecule has 1 aromatic rings. The maximum Gasteiger partial charge on any atom is 0.122 e. The van der Waals surface area contributed by atoms with E-state index in [1.807, 2.05) is 25.1 Å². The van der Waals surface area contributed by atoms with Crippen molar-refractivity contribution in [1.82, 2.24) is 0 Å². The highest BCUT2D eigenvalue weighted by molar-refractivity contribution is 5.36. The molecule has 3 heteroatoms. The third-order valence-corrected chi connectivity index (χ3v) is 3.13. The Labute approximate surface area is 102 Å². The first-order chi connectivity index (χ1) is 8.16. The number of aliphatic hydroxyl groups is 1. The van der Waals surface area contributed by atoms with Gasteiger partial charge in [-0.25, -0.2) is 0 Å². The smallest absolute Gasteiger partial charge is 0.122 e. The van der Waals surface area contributed by atoms with E-state index in [2.05, 4.69) is 0 Å².